The van der Waals surface area contributed by atoms with E-state index >= 15 is 0 Å². The number of fused-ring (bicyclic) bond motifs is 1. The molecule has 1 aliphatic carbocycles. The quantitative estimate of drug-likeness (QED) is 0.893. The van der Waals surface area contributed by atoms with Crippen molar-refractivity contribution in [3.8, 4) is 0 Å². The van der Waals surface area contributed by atoms with E-state index in [1.54, 1.807) is 6.20 Å². The zero-order valence-electron chi connectivity index (χ0n) is 10.2. The molecule has 2 atom stereocenters. The van der Waals surface area contributed by atoms with Crippen LogP contribution < -0.4 is 0 Å². The topological polar surface area (TPSA) is 46.0 Å². The second-order valence-electron chi connectivity index (χ2n) is 4.79. The molecule has 1 aliphatic rings. The summed E-state index contributed by atoms with van der Waals surface area (Å²) in [7, 11) is 0. The Morgan fingerprint density at radius 3 is 2.89 bits per heavy atom. The molecule has 0 fully saturated rings. The number of nitrogens with zero attached hydrogens (tertiary/aromatic N) is 2. The highest BCUT2D eigenvalue weighted by Crippen LogP contribution is 2.34. The summed E-state index contributed by atoms with van der Waals surface area (Å²) in [6.45, 7) is 0. The van der Waals surface area contributed by atoms with Gasteiger partial charge in [-0.15, -0.1) is 0 Å². The third-order valence-electron chi connectivity index (χ3n) is 3.61. The lowest BCUT2D eigenvalue weighted by Crippen LogP contribution is -2.20. The first-order valence-electron chi connectivity index (χ1n) is 6.36. The van der Waals surface area contributed by atoms with Gasteiger partial charge in [-0.3, -0.25) is 9.97 Å². The number of rotatable bonds is 3. The van der Waals surface area contributed by atoms with Crippen molar-refractivity contribution in [2.24, 2.45) is 0 Å². The van der Waals surface area contributed by atoms with E-state index in [0.29, 0.717) is 6.42 Å². The van der Waals surface area contributed by atoms with E-state index in [2.05, 4.69) is 16.0 Å². The maximum Gasteiger partial charge on any atom is 0.0679 e. The molecule has 3 heteroatoms. The normalized spacial score (nSPS) is 19.5. The van der Waals surface area contributed by atoms with Crippen LogP contribution in [0, 0.1) is 0 Å². The van der Waals surface area contributed by atoms with Gasteiger partial charge in [0.25, 0.3) is 0 Å². The second kappa shape index (κ2) is 4.86. The first kappa shape index (κ1) is 11.4. The Labute approximate surface area is 107 Å². The summed E-state index contributed by atoms with van der Waals surface area (Å²) >= 11 is 0. The number of aliphatic hydroxyl groups excluding tert-OH is 1. The van der Waals surface area contributed by atoms with Crippen LogP contribution in [0.15, 0.2) is 42.7 Å². The van der Waals surface area contributed by atoms with Gasteiger partial charge in [-0.25, -0.2) is 0 Å². The molecule has 0 bridgehead atoms. The molecule has 0 saturated heterocycles. The van der Waals surface area contributed by atoms with Gasteiger partial charge in [-0.2, -0.15) is 0 Å². The second-order valence-corrected chi connectivity index (χ2v) is 4.79. The van der Waals surface area contributed by atoms with Crippen molar-refractivity contribution in [1.29, 1.82) is 0 Å². The highest BCUT2D eigenvalue weighted by molar-refractivity contribution is 5.29. The molecule has 92 valence electrons. The van der Waals surface area contributed by atoms with Crippen molar-refractivity contribution in [2.45, 2.75) is 31.3 Å². The van der Waals surface area contributed by atoms with Crippen molar-refractivity contribution >= 4 is 0 Å². The molecule has 3 rings (SSSR count). The van der Waals surface area contributed by atoms with Gasteiger partial charge in [0.1, 0.15) is 0 Å². The van der Waals surface area contributed by atoms with Crippen molar-refractivity contribution in [3.63, 3.8) is 0 Å². The fourth-order valence-corrected chi connectivity index (χ4v) is 2.69. The minimum atomic E-state index is -0.393. The van der Waals surface area contributed by atoms with Crippen molar-refractivity contribution in [3.05, 3.63) is 59.7 Å². The van der Waals surface area contributed by atoms with Crippen molar-refractivity contribution < 1.29 is 5.11 Å². The molecule has 0 amide bonds. The molecular formula is C15H16N2O. The van der Waals surface area contributed by atoms with Gasteiger partial charge in [0.15, 0.2) is 0 Å². The van der Waals surface area contributed by atoms with E-state index in [0.717, 1.165) is 24.2 Å². The van der Waals surface area contributed by atoms with E-state index in [1.165, 1.54) is 5.56 Å². The van der Waals surface area contributed by atoms with Crippen LogP contribution in [0.4, 0.5) is 0 Å². The summed E-state index contributed by atoms with van der Waals surface area (Å²) in [5.41, 5.74) is 3.29. The molecule has 2 aromatic rings. The lowest BCUT2D eigenvalue weighted by molar-refractivity contribution is 0.140. The van der Waals surface area contributed by atoms with Gasteiger partial charge < -0.3 is 5.11 Å². The summed E-state index contributed by atoms with van der Waals surface area (Å²) in [4.78, 5) is 8.69. The van der Waals surface area contributed by atoms with Crippen molar-refractivity contribution in [1.82, 2.24) is 9.97 Å². The number of aryl methyl sites for hydroxylation is 1. The number of hydrogen-bond acceptors (Lipinski definition) is 3. The van der Waals surface area contributed by atoms with Crippen LogP contribution >= 0.6 is 0 Å². The molecule has 0 spiro atoms. The smallest absolute Gasteiger partial charge is 0.0679 e. The number of aromatic nitrogens is 2. The average molecular weight is 240 g/mol. The molecule has 0 aromatic carbocycles. The monoisotopic (exact) mass is 240 g/mol. The zero-order chi connectivity index (χ0) is 12.4. The van der Waals surface area contributed by atoms with E-state index in [-0.39, 0.29) is 5.92 Å². The number of hydrogen-bond donors (Lipinski definition) is 1. The Bertz CT molecular complexity index is 527. The predicted molar refractivity (Wildman–Crippen MR) is 69.2 cm³/mol. The van der Waals surface area contributed by atoms with E-state index < -0.39 is 6.10 Å². The molecule has 0 saturated carbocycles. The first-order chi connectivity index (χ1) is 8.84. The van der Waals surface area contributed by atoms with Crippen LogP contribution in [-0.4, -0.2) is 21.2 Å². The Hall–Kier alpha value is -1.74. The molecule has 2 aromatic heterocycles. The molecule has 0 aliphatic heterocycles. The van der Waals surface area contributed by atoms with Gasteiger partial charge in [0.2, 0.25) is 0 Å². The maximum atomic E-state index is 10.4. The van der Waals surface area contributed by atoms with E-state index in [4.69, 9.17) is 0 Å². The zero-order valence-corrected chi connectivity index (χ0v) is 10.2. The molecule has 1 N–H and O–H groups in total. The van der Waals surface area contributed by atoms with Crippen LogP contribution in [0.3, 0.4) is 0 Å². The number of pyridine rings is 2. The van der Waals surface area contributed by atoms with Crippen LogP contribution in [0.1, 0.15) is 29.3 Å². The number of aliphatic hydroxyl groups is 1. The standard InChI is InChI=1S/C15H16N2O/c18-14(10-12-5-1-2-8-16-12)13-7-6-11-4-3-9-17-15(11)13/h1-5,8-9,13-14,18H,6-7,10H2. The van der Waals surface area contributed by atoms with Crippen LogP contribution in [0.2, 0.25) is 0 Å². The Kier molecular flexibility index (Phi) is 3.07. The summed E-state index contributed by atoms with van der Waals surface area (Å²) in [6, 6.07) is 9.87. The fourth-order valence-electron chi connectivity index (χ4n) is 2.69. The van der Waals surface area contributed by atoms with E-state index in [9.17, 15) is 5.11 Å². The van der Waals surface area contributed by atoms with Crippen LogP contribution in [0.25, 0.3) is 0 Å². The lowest BCUT2D eigenvalue weighted by atomic mass is 9.95. The third kappa shape index (κ3) is 2.14. The summed E-state index contributed by atoms with van der Waals surface area (Å²) in [5.74, 6) is 0.156. The van der Waals surface area contributed by atoms with E-state index in [1.807, 2.05) is 30.5 Å². The Morgan fingerprint density at radius 1 is 1.17 bits per heavy atom. The molecule has 18 heavy (non-hydrogen) atoms. The van der Waals surface area contributed by atoms with Gasteiger partial charge in [-0.05, 0) is 36.6 Å². The fraction of sp³-hybridized carbons (Fsp3) is 0.333. The Balaban J connectivity index is 1.77. The Morgan fingerprint density at radius 2 is 2.06 bits per heavy atom. The summed E-state index contributed by atoms with van der Waals surface area (Å²) in [5, 5.41) is 10.4. The molecular weight excluding hydrogens is 224 g/mol. The minimum Gasteiger partial charge on any atom is -0.392 e. The SMILES string of the molecule is OC(Cc1ccccn1)C1CCc2cccnc21. The van der Waals surface area contributed by atoms with Gasteiger partial charge >= 0.3 is 0 Å². The van der Waals surface area contributed by atoms with Crippen LogP contribution in [-0.2, 0) is 12.8 Å². The maximum absolute atomic E-state index is 10.4. The predicted octanol–water partition coefficient (Wildman–Crippen LogP) is 2.11. The summed E-state index contributed by atoms with van der Waals surface area (Å²) in [6.07, 6.45) is 5.79. The molecule has 2 heterocycles. The lowest BCUT2D eigenvalue weighted by Gasteiger charge is -2.17. The molecule has 2 unspecified atom stereocenters. The van der Waals surface area contributed by atoms with Gasteiger partial charge in [0, 0.05) is 36.1 Å². The van der Waals surface area contributed by atoms with Gasteiger partial charge in [-0.1, -0.05) is 12.1 Å². The van der Waals surface area contributed by atoms with Gasteiger partial charge in [0.05, 0.1) is 6.10 Å². The van der Waals surface area contributed by atoms with Crippen molar-refractivity contribution in [2.75, 3.05) is 0 Å². The highest BCUT2D eigenvalue weighted by atomic mass is 16.3. The largest absolute Gasteiger partial charge is 0.392 e. The van der Waals surface area contributed by atoms with Crippen LogP contribution in [0.5, 0.6) is 0 Å². The minimum absolute atomic E-state index is 0.156. The third-order valence-corrected chi connectivity index (χ3v) is 3.61. The average Bonchev–Trinajstić information content (AvgIpc) is 2.84. The first-order valence-corrected chi connectivity index (χ1v) is 6.36. The molecule has 0 radical (unpaired) electrons. The summed E-state index contributed by atoms with van der Waals surface area (Å²) < 4.78 is 0. The molecule has 3 nitrogen and oxygen atoms in total. The highest BCUT2D eigenvalue weighted by Gasteiger charge is 2.29.